The van der Waals surface area contributed by atoms with Gasteiger partial charge >= 0.3 is 0 Å². The van der Waals surface area contributed by atoms with Crippen LogP contribution in [0, 0.1) is 13.8 Å². The third-order valence-corrected chi connectivity index (χ3v) is 13.3. The van der Waals surface area contributed by atoms with E-state index in [4.69, 9.17) is 34.9 Å². The zero-order valence-corrected chi connectivity index (χ0v) is 32.5. The summed E-state index contributed by atoms with van der Waals surface area (Å²) in [7, 11) is 0. The molecule has 0 saturated heterocycles. The molecule has 0 saturated carbocycles. The number of unbranched alkanes of at least 4 members (excludes halogenated alkanes) is 6. The van der Waals surface area contributed by atoms with Gasteiger partial charge in [-0.25, -0.2) is 0 Å². The molecule has 258 valence electrons. The van der Waals surface area contributed by atoms with Gasteiger partial charge in [0.15, 0.2) is 0 Å². The molecular weight excluding hydrogens is 709 g/mol. The van der Waals surface area contributed by atoms with Crippen LogP contribution in [0.3, 0.4) is 0 Å². The number of nitrogens with zero attached hydrogens (tertiary/aromatic N) is 8. The highest BCUT2D eigenvalue weighted by atomic mass is 32.1. The lowest BCUT2D eigenvalue weighted by molar-refractivity contribution is 0.401. The highest BCUT2D eigenvalue weighted by Crippen LogP contribution is 2.58. The second-order valence-electron chi connectivity index (χ2n) is 14.1. The van der Waals surface area contributed by atoms with Crippen molar-refractivity contribution in [2.75, 3.05) is 0 Å². The average molecular weight is 747 g/mol. The predicted octanol–water partition coefficient (Wildman–Crippen LogP) is 13.3. The minimum atomic E-state index is -0.134. The maximum Gasteiger partial charge on any atom is 0.115 e. The van der Waals surface area contributed by atoms with Crippen LogP contribution in [0.25, 0.3) is 55.4 Å². The van der Waals surface area contributed by atoms with Crippen LogP contribution in [-0.2, 0) is 28.1 Å². The Morgan fingerprint density at radius 2 is 0.941 bits per heavy atom. The highest BCUT2D eigenvalue weighted by molar-refractivity contribution is 7.58. The van der Waals surface area contributed by atoms with Gasteiger partial charge < -0.3 is 0 Å². The number of benzene rings is 4. The Kier molecular flexibility index (Phi) is 8.61. The average Bonchev–Trinajstić information content (AvgIpc) is 4.00. The Bertz CT molecular complexity index is 2360. The van der Waals surface area contributed by atoms with E-state index in [1.54, 1.807) is 0 Å². The molecule has 4 heterocycles. The van der Waals surface area contributed by atoms with Gasteiger partial charge in [-0.15, -0.1) is 0 Å². The third-order valence-electron chi connectivity index (χ3n) is 11.2. The van der Waals surface area contributed by atoms with Crippen molar-refractivity contribution in [1.29, 1.82) is 0 Å². The normalized spacial score (nSPS) is 14.6. The van der Waals surface area contributed by atoms with Crippen molar-refractivity contribution >= 4 is 91.0 Å². The summed E-state index contributed by atoms with van der Waals surface area (Å²) in [6.45, 7) is 8.77. The zero-order chi connectivity index (χ0) is 34.7. The lowest BCUT2D eigenvalue weighted by Gasteiger charge is -2.33. The van der Waals surface area contributed by atoms with Crippen LogP contribution in [0.2, 0.25) is 0 Å². The lowest BCUT2D eigenvalue weighted by atomic mass is 9.70. The second-order valence-corrected chi connectivity index (χ2v) is 16.2. The summed E-state index contributed by atoms with van der Waals surface area (Å²) in [5, 5.41) is 0. The Hall–Kier alpha value is -3.84. The molecule has 2 aliphatic heterocycles. The van der Waals surface area contributed by atoms with Gasteiger partial charge in [0, 0.05) is 27.7 Å². The van der Waals surface area contributed by atoms with Gasteiger partial charge in [0.2, 0.25) is 0 Å². The SMILES string of the molecule is CCCCCCC1(CCCCCC)c2cc(-c3c4c(c(C)c5nsnc35)N=S=N4)ccc2-c2ccc(-c3c4c(c(C)c5nsnc35)N=S=N4)cc21. The molecule has 8 nitrogen and oxygen atoms in total. The molecule has 9 rings (SSSR count). The smallest absolute Gasteiger partial charge is 0.115 e. The zero-order valence-electron chi connectivity index (χ0n) is 29.2. The molecule has 0 bridgehead atoms. The molecule has 0 radical (unpaired) electrons. The number of aromatic nitrogens is 4. The van der Waals surface area contributed by atoms with E-state index in [1.165, 1.54) is 120 Å². The fraction of sp³-hybridized carbons (Fsp3) is 0.385. The Labute approximate surface area is 313 Å². The molecule has 51 heavy (non-hydrogen) atoms. The summed E-state index contributed by atoms with van der Waals surface area (Å²) in [5.41, 5.74) is 19.3. The van der Waals surface area contributed by atoms with E-state index in [1.807, 2.05) is 0 Å². The Morgan fingerprint density at radius 3 is 1.39 bits per heavy atom. The van der Waals surface area contributed by atoms with Gasteiger partial charge in [-0.05, 0) is 72.2 Å². The van der Waals surface area contributed by atoms with Crippen molar-refractivity contribution in [3.8, 4) is 33.4 Å². The molecule has 0 atom stereocenters. The summed E-state index contributed by atoms with van der Waals surface area (Å²) in [4.78, 5) is 0. The molecule has 0 fully saturated rings. The first-order chi connectivity index (χ1) is 25.1. The molecular formula is C39H38N8S4. The summed E-state index contributed by atoms with van der Waals surface area (Å²) in [6.07, 6.45) is 12.0. The van der Waals surface area contributed by atoms with Crippen LogP contribution in [0.5, 0.6) is 0 Å². The number of hydrogen-bond donors (Lipinski definition) is 0. The molecule has 0 N–H and O–H groups in total. The van der Waals surface area contributed by atoms with Crippen molar-refractivity contribution in [2.24, 2.45) is 17.5 Å². The number of rotatable bonds is 12. The number of fused-ring (bicyclic) bond motifs is 7. The van der Waals surface area contributed by atoms with Crippen LogP contribution in [0.1, 0.15) is 100 Å². The summed E-state index contributed by atoms with van der Waals surface area (Å²) >= 11 is 5.08. The molecule has 3 aliphatic rings. The van der Waals surface area contributed by atoms with E-state index in [9.17, 15) is 0 Å². The standard InChI is InChI=1S/C39H38N8S4/c1-5-7-9-11-17-39(18-12-10-8-6-2)27-19-23(29-35-31(40-48-44-35)21(3)32-36(29)45-49-41-32)13-15-25(27)26-16-14-24(20-28(26)39)30-37-33(42-50-46-37)22(4)34-38(30)47-51-43-34/h13-16,19-20H,5-12,17-18H2,1-4H3. The van der Waals surface area contributed by atoms with Gasteiger partial charge in [0.1, 0.15) is 44.8 Å². The van der Waals surface area contributed by atoms with Crippen molar-refractivity contribution in [1.82, 2.24) is 17.5 Å². The number of hydrogen-bond acceptors (Lipinski definition) is 10. The minimum Gasteiger partial charge on any atom is -0.173 e. The molecule has 4 aromatic carbocycles. The van der Waals surface area contributed by atoms with E-state index < -0.39 is 0 Å². The van der Waals surface area contributed by atoms with Crippen LogP contribution in [-0.4, -0.2) is 17.5 Å². The van der Waals surface area contributed by atoms with E-state index in [-0.39, 0.29) is 5.41 Å². The summed E-state index contributed by atoms with van der Waals surface area (Å²) < 4.78 is 38.2. The molecule has 0 spiro atoms. The van der Waals surface area contributed by atoms with Crippen molar-refractivity contribution < 1.29 is 0 Å². The predicted molar refractivity (Wildman–Crippen MR) is 216 cm³/mol. The minimum absolute atomic E-state index is 0.134. The maximum atomic E-state index is 4.83. The van der Waals surface area contributed by atoms with Crippen molar-refractivity contribution in [3.05, 3.63) is 58.7 Å². The number of aryl methyl sites for hydroxylation is 2. The van der Waals surface area contributed by atoms with Crippen molar-refractivity contribution in [2.45, 2.75) is 97.3 Å². The quantitative estimate of drug-likeness (QED) is 0.116. The monoisotopic (exact) mass is 746 g/mol. The van der Waals surface area contributed by atoms with Crippen LogP contribution in [0.4, 0.5) is 22.7 Å². The molecule has 2 aromatic heterocycles. The summed E-state index contributed by atoms with van der Waals surface area (Å²) in [5.74, 6) is 0. The largest absolute Gasteiger partial charge is 0.173 e. The van der Waals surface area contributed by atoms with E-state index >= 15 is 0 Å². The van der Waals surface area contributed by atoms with Crippen LogP contribution in [0.15, 0.2) is 53.8 Å². The fourth-order valence-electron chi connectivity index (χ4n) is 8.57. The lowest BCUT2D eigenvalue weighted by Crippen LogP contribution is -2.25. The molecule has 0 unspecified atom stereocenters. The third kappa shape index (κ3) is 5.15. The molecule has 0 amide bonds. The second kappa shape index (κ2) is 13.3. The highest BCUT2D eigenvalue weighted by Gasteiger charge is 2.43. The molecule has 6 aromatic rings. The topological polar surface area (TPSA) is 101 Å². The first-order valence-electron chi connectivity index (χ1n) is 18.1. The van der Waals surface area contributed by atoms with Gasteiger partial charge in [-0.3, -0.25) is 0 Å². The van der Waals surface area contributed by atoms with E-state index in [0.717, 1.165) is 91.0 Å². The maximum absolute atomic E-state index is 4.83. The molecule has 12 heteroatoms. The van der Waals surface area contributed by atoms with Gasteiger partial charge in [-0.2, -0.15) is 34.9 Å². The molecule has 1 aliphatic carbocycles. The summed E-state index contributed by atoms with van der Waals surface area (Å²) in [6, 6.07) is 14.2. The first kappa shape index (κ1) is 33.0. The van der Waals surface area contributed by atoms with E-state index in [2.05, 4.69) is 64.1 Å². The van der Waals surface area contributed by atoms with Gasteiger partial charge in [0.05, 0.1) is 46.2 Å². The van der Waals surface area contributed by atoms with Gasteiger partial charge in [0.25, 0.3) is 0 Å². The van der Waals surface area contributed by atoms with Crippen LogP contribution < -0.4 is 0 Å². The van der Waals surface area contributed by atoms with Gasteiger partial charge in [-0.1, -0.05) is 89.5 Å². The van der Waals surface area contributed by atoms with Crippen molar-refractivity contribution in [3.63, 3.8) is 0 Å². The Balaban J connectivity index is 1.26. The Morgan fingerprint density at radius 1 is 0.510 bits per heavy atom. The first-order valence-corrected chi connectivity index (χ1v) is 21.0. The van der Waals surface area contributed by atoms with E-state index in [0.29, 0.717) is 0 Å². The van der Waals surface area contributed by atoms with Crippen LogP contribution >= 0.6 is 23.5 Å². The fourth-order valence-corrected chi connectivity index (χ4v) is 11.0.